The molecule has 0 N–H and O–H groups in total. The van der Waals surface area contributed by atoms with Crippen LogP contribution in [-0.4, -0.2) is 40.8 Å². The lowest BCUT2D eigenvalue weighted by Gasteiger charge is -2.43. The first kappa shape index (κ1) is 40.7. The van der Waals surface area contributed by atoms with Gasteiger partial charge in [-0.3, -0.25) is 9.05 Å². The van der Waals surface area contributed by atoms with Crippen molar-refractivity contribution in [2.24, 2.45) is 0 Å². The van der Waals surface area contributed by atoms with Gasteiger partial charge in [0.15, 0.2) is 0 Å². The third-order valence-corrected chi connectivity index (χ3v) is 14.8. The molecule has 1 unspecified atom stereocenters. The van der Waals surface area contributed by atoms with E-state index >= 15 is 0 Å². The Morgan fingerprint density at radius 3 is 1.80 bits per heavy atom. The summed E-state index contributed by atoms with van der Waals surface area (Å²) in [5.74, 6) is 0.123. The van der Waals surface area contributed by atoms with Gasteiger partial charge in [0.05, 0.1) is 26.4 Å². The molecule has 0 aliphatic carbocycles. The van der Waals surface area contributed by atoms with E-state index in [4.69, 9.17) is 27.5 Å². The van der Waals surface area contributed by atoms with Crippen molar-refractivity contribution < 1.29 is 32.0 Å². The Labute approximate surface area is 297 Å². The van der Waals surface area contributed by atoms with Gasteiger partial charge >= 0.3 is 7.82 Å². The average molecular weight is 711 g/mol. The van der Waals surface area contributed by atoms with Gasteiger partial charge in [-0.2, -0.15) is 0 Å². The molecule has 7 nitrogen and oxygen atoms in total. The fourth-order valence-electron chi connectivity index (χ4n) is 5.87. The Kier molecular flexibility index (Phi) is 17.9. The molecule has 0 spiro atoms. The molecule has 3 aromatic rings. The predicted octanol–water partition coefficient (Wildman–Crippen LogP) is 9.95. The van der Waals surface area contributed by atoms with Crippen molar-refractivity contribution in [3.05, 3.63) is 109 Å². The van der Waals surface area contributed by atoms with E-state index in [-0.39, 0.29) is 37.4 Å². The number of rotatable bonds is 24. The first-order chi connectivity index (χ1) is 23.7. The van der Waals surface area contributed by atoms with E-state index in [0.717, 1.165) is 18.4 Å². The van der Waals surface area contributed by atoms with E-state index in [1.54, 1.807) is 13.8 Å². The molecule has 0 saturated heterocycles. The summed E-state index contributed by atoms with van der Waals surface area (Å²) in [6, 6.07) is 31.2. The van der Waals surface area contributed by atoms with E-state index < -0.39 is 22.2 Å². The van der Waals surface area contributed by atoms with Crippen LogP contribution in [0.25, 0.3) is 0 Å². The molecule has 0 amide bonds. The van der Waals surface area contributed by atoms with Gasteiger partial charge in [0.2, 0.25) is 0 Å². The molecular weight excluding hydrogens is 651 g/mol. The van der Waals surface area contributed by atoms with Crippen LogP contribution >= 0.6 is 7.82 Å². The molecule has 0 aliphatic rings. The first-order valence-corrected chi connectivity index (χ1v) is 21.4. The molecule has 0 aromatic heterocycles. The second kappa shape index (κ2) is 21.5. The average Bonchev–Trinajstić information content (AvgIpc) is 3.09. The lowest BCUT2D eigenvalue weighted by molar-refractivity contribution is -0.0501. The Bertz CT molecular complexity index is 1330. The smallest absolute Gasteiger partial charge is 0.463 e. The first-order valence-electron chi connectivity index (χ1n) is 18.0. The third kappa shape index (κ3) is 13.2. The molecule has 3 aromatic carbocycles. The highest BCUT2D eigenvalue weighted by Crippen LogP contribution is 2.51. The number of phosphoric ester groups is 1. The van der Waals surface area contributed by atoms with Gasteiger partial charge in [-0.05, 0) is 53.7 Å². The molecule has 9 heteroatoms. The zero-order valence-electron chi connectivity index (χ0n) is 30.6. The number of hydrogen-bond donors (Lipinski definition) is 0. The van der Waals surface area contributed by atoms with E-state index in [9.17, 15) is 4.57 Å². The minimum atomic E-state index is -3.87. The van der Waals surface area contributed by atoms with Crippen LogP contribution in [0.3, 0.4) is 0 Å². The lowest BCUT2D eigenvalue weighted by atomic mass is 10.1. The zero-order valence-corrected chi connectivity index (χ0v) is 32.5. The van der Waals surface area contributed by atoms with E-state index in [1.807, 2.05) is 48.5 Å². The largest absolute Gasteiger partial charge is 0.532 e. The van der Waals surface area contributed by atoms with Gasteiger partial charge in [-0.1, -0.05) is 151 Å². The number of unbranched alkanes of at least 4 members (excludes halogenated alkanes) is 6. The number of ether oxygens (including phenoxy) is 2. The molecule has 3 rings (SSSR count). The van der Waals surface area contributed by atoms with Crippen LogP contribution in [0.5, 0.6) is 0 Å². The second-order valence-electron chi connectivity index (χ2n) is 13.2. The molecule has 0 fully saturated rings. The molecule has 0 heterocycles. The fourth-order valence-corrected chi connectivity index (χ4v) is 11.6. The highest BCUT2D eigenvalue weighted by Gasteiger charge is 2.50. The van der Waals surface area contributed by atoms with Gasteiger partial charge < -0.3 is 18.4 Å². The lowest BCUT2D eigenvalue weighted by Crippen LogP contribution is -2.67. The summed E-state index contributed by atoms with van der Waals surface area (Å²) in [7, 11) is -6.71. The number of phosphoric acid groups is 1. The van der Waals surface area contributed by atoms with E-state index in [2.05, 4.69) is 76.2 Å². The van der Waals surface area contributed by atoms with Crippen molar-refractivity contribution >= 4 is 26.5 Å². The van der Waals surface area contributed by atoms with Gasteiger partial charge in [0.25, 0.3) is 14.3 Å². The summed E-state index contributed by atoms with van der Waals surface area (Å²) in [6.07, 6.45) is 9.05. The van der Waals surface area contributed by atoms with E-state index in [1.165, 1.54) is 36.1 Å². The standard InChI is InChI=1S/C40H59O7PSi/c1-7-10-11-12-13-14-24-31-39(47-48(41,44-8-2)45-9-3)43-33-36(42-32-35-25-18-15-19-26-35)34-46-49(40(4,5)6,37-27-20-16-21-28-37)38-29-22-17-23-30-38/h15-23,25-31,36H,7-14,24,32-34H2,1-6H3/b39-31+. The second-order valence-corrected chi connectivity index (χ2v) is 19.1. The van der Waals surface area contributed by atoms with Crippen LogP contribution in [0.1, 0.15) is 92.1 Å². The highest BCUT2D eigenvalue weighted by atomic mass is 31.2. The van der Waals surface area contributed by atoms with Crippen molar-refractivity contribution in [2.45, 2.75) is 104 Å². The minimum absolute atomic E-state index is 0.117. The Morgan fingerprint density at radius 1 is 0.735 bits per heavy atom. The Morgan fingerprint density at radius 2 is 1.27 bits per heavy atom. The summed E-state index contributed by atoms with van der Waals surface area (Å²) in [4.78, 5) is 0. The van der Waals surface area contributed by atoms with E-state index in [0.29, 0.717) is 13.0 Å². The van der Waals surface area contributed by atoms with Crippen molar-refractivity contribution in [3.63, 3.8) is 0 Å². The summed E-state index contributed by atoms with van der Waals surface area (Å²) < 4.78 is 50.3. The van der Waals surface area contributed by atoms with Crippen LogP contribution in [0.2, 0.25) is 5.04 Å². The monoisotopic (exact) mass is 710 g/mol. The van der Waals surface area contributed by atoms with Crippen LogP contribution < -0.4 is 10.4 Å². The van der Waals surface area contributed by atoms with Crippen LogP contribution in [0, 0.1) is 0 Å². The molecular formula is C40H59O7PSi. The van der Waals surface area contributed by atoms with Crippen molar-refractivity contribution in [3.8, 4) is 0 Å². The zero-order chi connectivity index (χ0) is 35.4. The van der Waals surface area contributed by atoms with Crippen LogP contribution in [0.4, 0.5) is 0 Å². The topological polar surface area (TPSA) is 72.5 Å². The molecule has 0 saturated carbocycles. The van der Waals surface area contributed by atoms with Gasteiger partial charge in [-0.15, -0.1) is 0 Å². The normalized spacial score (nSPS) is 13.3. The Balaban J connectivity index is 1.90. The maximum Gasteiger partial charge on any atom is 0.532 e. The van der Waals surface area contributed by atoms with Gasteiger partial charge in [-0.25, -0.2) is 4.57 Å². The number of benzene rings is 3. The molecule has 0 bridgehead atoms. The maximum absolute atomic E-state index is 13.4. The minimum Gasteiger partial charge on any atom is -0.463 e. The van der Waals surface area contributed by atoms with Gasteiger partial charge in [0.1, 0.15) is 12.7 Å². The van der Waals surface area contributed by atoms with Crippen LogP contribution in [-0.2, 0) is 38.6 Å². The van der Waals surface area contributed by atoms with Crippen molar-refractivity contribution in [1.29, 1.82) is 0 Å². The molecule has 0 aliphatic heterocycles. The molecule has 270 valence electrons. The summed E-state index contributed by atoms with van der Waals surface area (Å²) in [5, 5.41) is 2.18. The van der Waals surface area contributed by atoms with Crippen LogP contribution in [0.15, 0.2) is 103 Å². The summed E-state index contributed by atoms with van der Waals surface area (Å²) in [6.45, 7) is 13.6. The van der Waals surface area contributed by atoms with Crippen molar-refractivity contribution in [1.82, 2.24) is 0 Å². The quantitative estimate of drug-likeness (QED) is 0.0397. The fraction of sp³-hybridized carbons (Fsp3) is 0.500. The summed E-state index contributed by atoms with van der Waals surface area (Å²) in [5.41, 5.74) is 1.05. The summed E-state index contributed by atoms with van der Waals surface area (Å²) >= 11 is 0. The molecule has 1 atom stereocenters. The highest BCUT2D eigenvalue weighted by molar-refractivity contribution is 7.48. The predicted molar refractivity (Wildman–Crippen MR) is 203 cm³/mol. The van der Waals surface area contributed by atoms with Crippen molar-refractivity contribution in [2.75, 3.05) is 26.4 Å². The molecule has 0 radical (unpaired) electrons. The number of hydrogen-bond acceptors (Lipinski definition) is 7. The van der Waals surface area contributed by atoms with Gasteiger partial charge in [0, 0.05) is 0 Å². The number of allylic oxidation sites excluding steroid dienone is 1. The molecule has 49 heavy (non-hydrogen) atoms. The SMILES string of the molecule is CCCCCCCC/C=C(\OCC(CO[Si](c1ccccc1)(c1ccccc1)C(C)(C)C)OCc1ccccc1)OP(=O)(OCC)OCC. The Hall–Kier alpha value is -2.71. The third-order valence-electron chi connectivity index (χ3n) is 8.29. The maximum atomic E-state index is 13.4.